The Kier molecular flexibility index (Phi) is 15.7. The molecule has 0 saturated heterocycles. The standard InChI is InChI=1S/C11H14ClNO2.C10H12ClNO2.Na.H2O/c1-7(2)13-10-5-4-8(6-9(10)12)11(14)15-3;1-6(2)12-9-4-3-7(10(13)14)5-8(9)11;;/h4-7,13H,1-3H3;3-6,12H,1-2H3,(H,13,14);;1H2/q;;+1;/p-1. The largest absolute Gasteiger partial charge is 1.00 e. The summed E-state index contributed by atoms with van der Waals surface area (Å²) in [5.74, 6) is -1.35. The minimum atomic E-state index is -0.969. The molecule has 0 amide bonds. The zero-order valence-corrected chi connectivity index (χ0v) is 22.0. The number of hydrogen-bond donors (Lipinski definition) is 3. The SMILES string of the molecule is CC(C)Nc1ccc(C(=O)O)cc1Cl.COC(=O)c1ccc(NC(C)C)c(Cl)c1.[Na+].[OH-]. The van der Waals surface area contributed by atoms with E-state index in [2.05, 4.69) is 15.4 Å². The first-order valence-electron chi connectivity index (χ1n) is 8.99. The summed E-state index contributed by atoms with van der Waals surface area (Å²) in [5.41, 5.74) is 2.23. The van der Waals surface area contributed by atoms with Gasteiger partial charge in [0.25, 0.3) is 0 Å². The molecule has 0 spiro atoms. The zero-order chi connectivity index (χ0) is 22.1. The van der Waals surface area contributed by atoms with Gasteiger partial charge in [-0.1, -0.05) is 23.2 Å². The van der Waals surface area contributed by atoms with Crippen molar-refractivity contribution in [3.05, 3.63) is 57.6 Å². The van der Waals surface area contributed by atoms with Crippen molar-refractivity contribution in [1.82, 2.24) is 0 Å². The summed E-state index contributed by atoms with van der Waals surface area (Å²) in [6.45, 7) is 8.01. The average Bonchev–Trinajstić information content (AvgIpc) is 2.64. The van der Waals surface area contributed by atoms with Gasteiger partial charge in [-0.05, 0) is 64.1 Å². The zero-order valence-electron chi connectivity index (χ0n) is 18.5. The van der Waals surface area contributed by atoms with Crippen LogP contribution in [0.5, 0.6) is 0 Å². The Bertz CT molecular complexity index is 864. The van der Waals surface area contributed by atoms with Gasteiger partial charge in [-0.15, -0.1) is 0 Å². The maximum absolute atomic E-state index is 11.2. The number of hydrogen-bond acceptors (Lipinski definition) is 6. The number of carboxylic acids is 1. The molecule has 0 aliphatic carbocycles. The van der Waals surface area contributed by atoms with Crippen molar-refractivity contribution >= 4 is 46.5 Å². The molecule has 0 aromatic heterocycles. The summed E-state index contributed by atoms with van der Waals surface area (Å²) < 4.78 is 4.59. The van der Waals surface area contributed by atoms with E-state index in [1.54, 1.807) is 24.3 Å². The summed E-state index contributed by atoms with van der Waals surface area (Å²) in [6, 6.07) is 10.3. The predicted octanol–water partition coefficient (Wildman–Crippen LogP) is 2.63. The van der Waals surface area contributed by atoms with Gasteiger partial charge in [0.1, 0.15) is 0 Å². The second-order valence-corrected chi connectivity index (χ2v) is 7.60. The van der Waals surface area contributed by atoms with Crippen molar-refractivity contribution in [3.8, 4) is 0 Å². The topological polar surface area (TPSA) is 118 Å². The maximum Gasteiger partial charge on any atom is 1.00 e. The van der Waals surface area contributed by atoms with Gasteiger partial charge < -0.3 is 26.0 Å². The second-order valence-electron chi connectivity index (χ2n) is 6.78. The number of halogens is 2. The molecule has 0 unspecified atom stereocenters. The number of carbonyl (C=O) groups is 2. The average molecular weight is 481 g/mol. The molecule has 0 saturated carbocycles. The number of aromatic carboxylic acids is 1. The molecule has 31 heavy (non-hydrogen) atoms. The molecule has 2 aromatic rings. The van der Waals surface area contributed by atoms with E-state index in [4.69, 9.17) is 28.3 Å². The van der Waals surface area contributed by atoms with Gasteiger partial charge in [0.05, 0.1) is 39.7 Å². The number of esters is 1. The van der Waals surface area contributed by atoms with Gasteiger partial charge in [0, 0.05) is 12.1 Å². The van der Waals surface area contributed by atoms with Crippen LogP contribution in [0.1, 0.15) is 48.4 Å². The summed E-state index contributed by atoms with van der Waals surface area (Å²) in [6.07, 6.45) is 0. The summed E-state index contributed by atoms with van der Waals surface area (Å²) in [4.78, 5) is 21.8. The van der Waals surface area contributed by atoms with E-state index in [1.807, 2.05) is 27.7 Å². The minimum absolute atomic E-state index is 0. The van der Waals surface area contributed by atoms with Crippen LogP contribution in [0.25, 0.3) is 0 Å². The van der Waals surface area contributed by atoms with Crippen molar-refractivity contribution in [1.29, 1.82) is 0 Å². The predicted molar refractivity (Wildman–Crippen MR) is 121 cm³/mol. The fraction of sp³-hybridized carbons (Fsp3) is 0.333. The van der Waals surface area contributed by atoms with E-state index in [-0.39, 0.29) is 52.6 Å². The van der Waals surface area contributed by atoms with E-state index in [0.717, 1.165) is 11.4 Å². The fourth-order valence-corrected chi connectivity index (χ4v) is 2.73. The Morgan fingerprint density at radius 2 is 1.26 bits per heavy atom. The molecule has 7 nitrogen and oxygen atoms in total. The quantitative estimate of drug-likeness (QED) is 0.429. The Morgan fingerprint density at radius 1 is 0.871 bits per heavy atom. The van der Waals surface area contributed by atoms with Gasteiger partial charge in [-0.25, -0.2) is 9.59 Å². The molecule has 2 rings (SSSR count). The number of rotatable bonds is 6. The maximum atomic E-state index is 11.2. The molecule has 0 aliphatic rings. The number of carbonyl (C=O) groups excluding carboxylic acids is 1. The van der Waals surface area contributed by atoms with Crippen molar-refractivity contribution in [2.45, 2.75) is 39.8 Å². The summed E-state index contributed by atoms with van der Waals surface area (Å²) in [5, 5.41) is 15.9. The van der Waals surface area contributed by atoms with Gasteiger partial charge in [-0.2, -0.15) is 0 Å². The Morgan fingerprint density at radius 3 is 1.58 bits per heavy atom. The fourth-order valence-electron chi connectivity index (χ4n) is 2.26. The number of benzene rings is 2. The van der Waals surface area contributed by atoms with Gasteiger partial charge in [0.2, 0.25) is 0 Å². The van der Waals surface area contributed by atoms with Crippen LogP contribution >= 0.6 is 23.2 Å². The molecule has 0 heterocycles. The van der Waals surface area contributed by atoms with Crippen LogP contribution in [0.4, 0.5) is 11.4 Å². The minimum Gasteiger partial charge on any atom is -0.870 e. The third-order valence-electron chi connectivity index (χ3n) is 3.49. The molecule has 0 radical (unpaired) electrons. The van der Waals surface area contributed by atoms with Crippen LogP contribution in [-0.2, 0) is 4.74 Å². The second kappa shape index (κ2) is 15.3. The van der Waals surface area contributed by atoms with Crippen molar-refractivity contribution in [2.75, 3.05) is 17.7 Å². The van der Waals surface area contributed by atoms with E-state index < -0.39 is 5.97 Å². The molecule has 2 aromatic carbocycles. The van der Waals surface area contributed by atoms with E-state index in [1.165, 1.54) is 19.2 Å². The Hall–Kier alpha value is -1.48. The Labute approximate surface area is 215 Å². The molecular weight excluding hydrogens is 454 g/mol. The van der Waals surface area contributed by atoms with Crippen LogP contribution < -0.4 is 40.2 Å². The first kappa shape index (κ1) is 31.7. The van der Waals surface area contributed by atoms with Crippen LogP contribution in [0.2, 0.25) is 10.0 Å². The summed E-state index contributed by atoms with van der Waals surface area (Å²) >= 11 is 11.9. The molecular formula is C21H27Cl2N2NaO5. The third-order valence-corrected chi connectivity index (χ3v) is 4.12. The number of carboxylic acid groups (broad SMARTS) is 1. The van der Waals surface area contributed by atoms with E-state index in [9.17, 15) is 9.59 Å². The van der Waals surface area contributed by atoms with Gasteiger partial charge in [-0.3, -0.25) is 0 Å². The van der Waals surface area contributed by atoms with Crippen molar-refractivity contribution in [3.63, 3.8) is 0 Å². The van der Waals surface area contributed by atoms with Gasteiger partial charge in [0.15, 0.2) is 0 Å². The first-order valence-corrected chi connectivity index (χ1v) is 9.74. The number of nitrogens with one attached hydrogen (secondary N) is 2. The molecule has 0 fully saturated rings. The molecule has 4 N–H and O–H groups in total. The van der Waals surface area contributed by atoms with Crippen LogP contribution in [0.15, 0.2) is 36.4 Å². The van der Waals surface area contributed by atoms with E-state index in [0.29, 0.717) is 21.7 Å². The molecule has 10 heteroatoms. The van der Waals surface area contributed by atoms with Crippen molar-refractivity contribution in [2.24, 2.45) is 0 Å². The normalized spacial score (nSPS) is 9.58. The molecule has 0 bridgehead atoms. The molecule has 166 valence electrons. The smallest absolute Gasteiger partial charge is 0.870 e. The monoisotopic (exact) mass is 480 g/mol. The van der Waals surface area contributed by atoms with Crippen molar-refractivity contribution < 1.29 is 54.5 Å². The number of methoxy groups -OCH3 is 1. The van der Waals surface area contributed by atoms with Crippen LogP contribution in [0.3, 0.4) is 0 Å². The Balaban J connectivity index is 0. The van der Waals surface area contributed by atoms with E-state index >= 15 is 0 Å². The van der Waals surface area contributed by atoms with Crippen LogP contribution in [0, 0.1) is 0 Å². The summed E-state index contributed by atoms with van der Waals surface area (Å²) in [7, 11) is 1.34. The first-order chi connectivity index (χ1) is 13.5. The molecule has 0 atom stereocenters. The third kappa shape index (κ3) is 11.1. The molecule has 0 aliphatic heterocycles. The number of anilines is 2. The van der Waals surface area contributed by atoms with Gasteiger partial charge >= 0.3 is 41.5 Å². The number of ether oxygens (including phenoxy) is 1. The van der Waals surface area contributed by atoms with Crippen LogP contribution in [-0.4, -0.2) is 41.7 Å².